The second kappa shape index (κ2) is 5.37. The highest BCUT2D eigenvalue weighted by Crippen LogP contribution is 2.33. The molecule has 0 radical (unpaired) electrons. The average Bonchev–Trinajstić information content (AvgIpc) is 2.20. The van der Waals surface area contributed by atoms with Crippen molar-refractivity contribution in [1.82, 2.24) is 0 Å². The van der Waals surface area contributed by atoms with Crippen molar-refractivity contribution in [2.45, 2.75) is 6.42 Å². The summed E-state index contributed by atoms with van der Waals surface area (Å²) in [7, 11) is 0. The highest BCUT2D eigenvalue weighted by atomic mass is 79.9. The number of nitrogens with zero attached hydrogens (tertiary/aromatic N) is 1. The molecule has 15 heavy (non-hydrogen) atoms. The summed E-state index contributed by atoms with van der Waals surface area (Å²) in [5.41, 5.74) is -0.0202. The maximum atomic E-state index is 10.6. The fourth-order valence-electron chi connectivity index (χ4n) is 0.972. The quantitative estimate of drug-likeness (QED) is 0.366. The Labute approximate surface area is 95.5 Å². The van der Waals surface area contributed by atoms with E-state index in [0.29, 0.717) is 23.2 Å². The van der Waals surface area contributed by atoms with Gasteiger partial charge in [-0.3, -0.25) is 10.1 Å². The third kappa shape index (κ3) is 2.96. The lowest BCUT2D eigenvalue weighted by Crippen LogP contribution is -1.98. The summed E-state index contributed by atoms with van der Waals surface area (Å²) in [6, 6.07) is 4.61. The van der Waals surface area contributed by atoms with E-state index in [2.05, 4.69) is 21.9 Å². The Kier molecular flexibility index (Phi) is 4.13. The summed E-state index contributed by atoms with van der Waals surface area (Å²) in [5.74, 6) is 2.85. The smallest absolute Gasteiger partial charge is 0.287 e. The molecule has 0 aliphatic carbocycles. The maximum Gasteiger partial charge on any atom is 0.287 e. The fourth-order valence-corrected chi connectivity index (χ4v) is 1.50. The van der Waals surface area contributed by atoms with Gasteiger partial charge >= 0.3 is 0 Å². The molecule has 0 aliphatic heterocycles. The first-order valence-corrected chi connectivity index (χ1v) is 4.95. The van der Waals surface area contributed by atoms with Crippen LogP contribution in [0.25, 0.3) is 0 Å². The summed E-state index contributed by atoms with van der Waals surface area (Å²) in [6.45, 7) is 0.344. The van der Waals surface area contributed by atoms with Gasteiger partial charge in [-0.15, -0.1) is 12.3 Å². The van der Waals surface area contributed by atoms with Crippen molar-refractivity contribution in [2.24, 2.45) is 0 Å². The summed E-state index contributed by atoms with van der Waals surface area (Å²) >= 11 is 3.12. The number of rotatable bonds is 4. The number of hydrogen-bond acceptors (Lipinski definition) is 3. The van der Waals surface area contributed by atoms with Crippen LogP contribution in [-0.4, -0.2) is 11.5 Å². The minimum absolute atomic E-state index is 0.0202. The van der Waals surface area contributed by atoms with E-state index in [4.69, 9.17) is 11.2 Å². The molecule has 78 valence electrons. The van der Waals surface area contributed by atoms with Crippen molar-refractivity contribution in [3.63, 3.8) is 0 Å². The zero-order valence-corrected chi connectivity index (χ0v) is 9.36. The van der Waals surface area contributed by atoms with E-state index in [0.717, 1.165) is 0 Å². The molecular formula is C10H8BrNO3. The van der Waals surface area contributed by atoms with Crippen LogP contribution in [0.4, 0.5) is 5.69 Å². The number of nitro groups is 1. The first kappa shape index (κ1) is 11.5. The van der Waals surface area contributed by atoms with Crippen molar-refractivity contribution < 1.29 is 9.66 Å². The molecular weight excluding hydrogens is 262 g/mol. The first-order valence-electron chi connectivity index (χ1n) is 4.16. The van der Waals surface area contributed by atoms with Crippen LogP contribution in [-0.2, 0) is 0 Å². The highest BCUT2D eigenvalue weighted by Gasteiger charge is 2.15. The number of nitro benzene ring substituents is 1. The lowest BCUT2D eigenvalue weighted by molar-refractivity contribution is -0.385. The predicted molar refractivity (Wildman–Crippen MR) is 59.7 cm³/mol. The van der Waals surface area contributed by atoms with Crippen LogP contribution >= 0.6 is 15.9 Å². The Balaban J connectivity index is 2.86. The van der Waals surface area contributed by atoms with Crippen LogP contribution in [0.2, 0.25) is 0 Å². The molecule has 0 saturated carbocycles. The molecule has 0 unspecified atom stereocenters. The third-order valence-electron chi connectivity index (χ3n) is 1.64. The first-order chi connectivity index (χ1) is 7.16. The minimum Gasteiger partial charge on any atom is -0.491 e. The van der Waals surface area contributed by atoms with E-state index in [1.165, 1.54) is 6.07 Å². The van der Waals surface area contributed by atoms with Crippen LogP contribution in [0.3, 0.4) is 0 Å². The topological polar surface area (TPSA) is 52.4 Å². The molecule has 1 rings (SSSR count). The molecule has 0 aliphatic rings. The van der Waals surface area contributed by atoms with Crippen LogP contribution < -0.4 is 4.74 Å². The van der Waals surface area contributed by atoms with Crippen molar-refractivity contribution in [3.05, 3.63) is 32.8 Å². The average molecular weight is 270 g/mol. The standard InChI is InChI=1S/C10H8BrNO3/c1-2-3-7-15-9-6-4-5-8(10(9)11)12(13)14/h1,4-6H,3,7H2. The Hall–Kier alpha value is -1.54. The Morgan fingerprint density at radius 3 is 2.93 bits per heavy atom. The van der Waals surface area contributed by atoms with Gasteiger partial charge in [-0.1, -0.05) is 6.07 Å². The van der Waals surface area contributed by atoms with E-state index >= 15 is 0 Å². The largest absolute Gasteiger partial charge is 0.491 e. The van der Waals surface area contributed by atoms with E-state index < -0.39 is 4.92 Å². The highest BCUT2D eigenvalue weighted by molar-refractivity contribution is 9.10. The summed E-state index contributed by atoms with van der Waals surface area (Å²) in [4.78, 5) is 10.1. The van der Waals surface area contributed by atoms with E-state index in [-0.39, 0.29) is 5.69 Å². The van der Waals surface area contributed by atoms with Crippen molar-refractivity contribution in [2.75, 3.05) is 6.61 Å². The monoisotopic (exact) mass is 269 g/mol. The lowest BCUT2D eigenvalue weighted by atomic mass is 10.3. The Bertz CT molecular complexity index is 412. The molecule has 0 atom stereocenters. The number of terminal acetylenes is 1. The van der Waals surface area contributed by atoms with Gasteiger partial charge in [0.15, 0.2) is 0 Å². The van der Waals surface area contributed by atoms with Gasteiger partial charge in [0, 0.05) is 12.5 Å². The molecule has 0 aromatic heterocycles. The van der Waals surface area contributed by atoms with Crippen LogP contribution in [0, 0.1) is 22.5 Å². The summed E-state index contributed by atoms with van der Waals surface area (Å²) < 4.78 is 5.61. The van der Waals surface area contributed by atoms with E-state index in [9.17, 15) is 10.1 Å². The zero-order valence-electron chi connectivity index (χ0n) is 7.77. The number of hydrogen-bond donors (Lipinski definition) is 0. The van der Waals surface area contributed by atoms with Crippen molar-refractivity contribution >= 4 is 21.6 Å². The summed E-state index contributed by atoms with van der Waals surface area (Å²) in [5, 5.41) is 10.6. The molecule has 5 heteroatoms. The van der Waals surface area contributed by atoms with Gasteiger partial charge in [-0.2, -0.15) is 0 Å². The van der Waals surface area contributed by atoms with Crippen LogP contribution in [0.1, 0.15) is 6.42 Å². The molecule has 0 saturated heterocycles. The lowest BCUT2D eigenvalue weighted by Gasteiger charge is -2.05. The molecule has 1 aromatic carbocycles. The molecule has 0 bridgehead atoms. The van der Waals surface area contributed by atoms with Crippen LogP contribution in [0.5, 0.6) is 5.75 Å². The number of ether oxygens (including phenoxy) is 1. The zero-order chi connectivity index (χ0) is 11.3. The second-order valence-corrected chi connectivity index (χ2v) is 3.44. The molecule has 4 nitrogen and oxygen atoms in total. The van der Waals surface area contributed by atoms with Crippen molar-refractivity contribution in [3.8, 4) is 18.1 Å². The van der Waals surface area contributed by atoms with Gasteiger partial charge in [0.1, 0.15) is 10.2 Å². The molecule has 0 N–H and O–H groups in total. The third-order valence-corrected chi connectivity index (χ3v) is 2.44. The minimum atomic E-state index is -0.474. The van der Waals surface area contributed by atoms with Gasteiger partial charge < -0.3 is 4.74 Å². The maximum absolute atomic E-state index is 10.6. The van der Waals surface area contributed by atoms with Gasteiger partial charge in [0.25, 0.3) is 5.69 Å². The van der Waals surface area contributed by atoms with Crippen molar-refractivity contribution in [1.29, 1.82) is 0 Å². The number of benzene rings is 1. The fraction of sp³-hybridized carbons (Fsp3) is 0.200. The molecule has 0 fully saturated rings. The molecule has 1 aromatic rings. The van der Waals surface area contributed by atoms with Gasteiger partial charge in [-0.05, 0) is 22.0 Å². The Morgan fingerprint density at radius 1 is 1.60 bits per heavy atom. The molecule has 0 heterocycles. The number of halogens is 1. The van der Waals surface area contributed by atoms with E-state index in [1.807, 2.05) is 0 Å². The predicted octanol–water partition coefficient (Wildman–Crippen LogP) is 2.76. The summed E-state index contributed by atoms with van der Waals surface area (Å²) in [6.07, 6.45) is 5.53. The van der Waals surface area contributed by atoms with E-state index in [1.54, 1.807) is 12.1 Å². The SMILES string of the molecule is C#CCCOc1cccc([N+](=O)[O-])c1Br. The molecule has 0 amide bonds. The second-order valence-electron chi connectivity index (χ2n) is 2.65. The van der Waals surface area contributed by atoms with Gasteiger partial charge in [0.05, 0.1) is 11.5 Å². The normalized spacial score (nSPS) is 9.33. The Morgan fingerprint density at radius 2 is 2.33 bits per heavy atom. The molecule has 0 spiro atoms. The van der Waals surface area contributed by atoms with Crippen LogP contribution in [0.15, 0.2) is 22.7 Å². The van der Waals surface area contributed by atoms with Gasteiger partial charge in [-0.25, -0.2) is 0 Å². The van der Waals surface area contributed by atoms with Gasteiger partial charge in [0.2, 0.25) is 0 Å².